The van der Waals surface area contributed by atoms with Gasteiger partial charge in [-0.15, -0.1) is 0 Å². The van der Waals surface area contributed by atoms with Crippen LogP contribution in [0.15, 0.2) is 0 Å². The molecule has 100 valence electrons. The van der Waals surface area contributed by atoms with Crippen LogP contribution in [0, 0.1) is 0 Å². The highest BCUT2D eigenvalue weighted by Gasteiger charge is 1.97. The minimum absolute atomic E-state index is 0.121. The normalized spacial score (nSPS) is 10.0. The molecule has 0 fully saturated rings. The SMILES string of the molecule is CCC(=O)OCCOCCOCCOC(=O)Cl. The minimum atomic E-state index is -0.845. The molecule has 0 aromatic rings. The maximum absolute atomic E-state index is 10.7. The van der Waals surface area contributed by atoms with E-state index in [0.717, 1.165) is 0 Å². The van der Waals surface area contributed by atoms with Crippen LogP contribution in [0.25, 0.3) is 0 Å². The number of rotatable bonds is 10. The summed E-state index contributed by atoms with van der Waals surface area (Å²) in [5.41, 5.74) is -0.845. The molecule has 0 saturated carbocycles. The molecule has 0 N–H and O–H groups in total. The fourth-order valence-corrected chi connectivity index (χ4v) is 0.896. The molecule has 17 heavy (non-hydrogen) atoms. The number of hydrogen-bond acceptors (Lipinski definition) is 6. The fraction of sp³-hybridized carbons (Fsp3) is 0.800. The second-order valence-corrected chi connectivity index (χ2v) is 3.19. The lowest BCUT2D eigenvalue weighted by atomic mass is 10.5. The van der Waals surface area contributed by atoms with Crippen molar-refractivity contribution in [1.82, 2.24) is 0 Å². The summed E-state index contributed by atoms with van der Waals surface area (Å²) in [5, 5.41) is 0. The van der Waals surface area contributed by atoms with Crippen molar-refractivity contribution in [3.8, 4) is 0 Å². The minimum Gasteiger partial charge on any atom is -0.463 e. The van der Waals surface area contributed by atoms with Crippen molar-refractivity contribution in [3.63, 3.8) is 0 Å². The molecule has 0 unspecified atom stereocenters. The van der Waals surface area contributed by atoms with Gasteiger partial charge in [-0.1, -0.05) is 6.92 Å². The molecule has 0 heterocycles. The first kappa shape index (κ1) is 16.1. The van der Waals surface area contributed by atoms with Gasteiger partial charge in [0.1, 0.15) is 13.2 Å². The third-order valence-electron chi connectivity index (χ3n) is 1.59. The first-order valence-electron chi connectivity index (χ1n) is 5.30. The van der Waals surface area contributed by atoms with E-state index in [9.17, 15) is 9.59 Å². The Labute approximate surface area is 105 Å². The molecule has 6 nitrogen and oxygen atoms in total. The second kappa shape index (κ2) is 11.6. The Hall–Kier alpha value is -0.850. The molecule has 0 bridgehead atoms. The molecule has 7 heteroatoms. The zero-order valence-corrected chi connectivity index (χ0v) is 10.5. The van der Waals surface area contributed by atoms with Gasteiger partial charge in [0.15, 0.2) is 0 Å². The molecule has 0 spiro atoms. The number of esters is 1. The summed E-state index contributed by atoms with van der Waals surface area (Å²) in [6.45, 7) is 3.47. The van der Waals surface area contributed by atoms with Gasteiger partial charge < -0.3 is 18.9 Å². The predicted molar refractivity (Wildman–Crippen MR) is 60.1 cm³/mol. The van der Waals surface area contributed by atoms with Crippen molar-refractivity contribution in [2.45, 2.75) is 13.3 Å². The smallest absolute Gasteiger partial charge is 0.403 e. The van der Waals surface area contributed by atoms with E-state index in [1.807, 2.05) is 0 Å². The third-order valence-corrected chi connectivity index (χ3v) is 1.70. The lowest BCUT2D eigenvalue weighted by Gasteiger charge is -2.06. The van der Waals surface area contributed by atoms with Gasteiger partial charge >= 0.3 is 11.4 Å². The van der Waals surface area contributed by atoms with E-state index >= 15 is 0 Å². The van der Waals surface area contributed by atoms with Crippen molar-refractivity contribution < 1.29 is 28.5 Å². The van der Waals surface area contributed by atoms with Gasteiger partial charge in [-0.05, 0) is 0 Å². The van der Waals surface area contributed by atoms with Crippen molar-refractivity contribution in [2.24, 2.45) is 0 Å². The van der Waals surface area contributed by atoms with E-state index in [0.29, 0.717) is 26.2 Å². The van der Waals surface area contributed by atoms with E-state index in [1.165, 1.54) is 0 Å². The largest absolute Gasteiger partial charge is 0.463 e. The van der Waals surface area contributed by atoms with Crippen LogP contribution < -0.4 is 0 Å². The predicted octanol–water partition coefficient (Wildman–Crippen LogP) is 1.35. The summed E-state index contributed by atoms with van der Waals surface area (Å²) >= 11 is 4.93. The van der Waals surface area contributed by atoms with E-state index in [2.05, 4.69) is 4.74 Å². The van der Waals surface area contributed by atoms with Crippen molar-refractivity contribution >= 4 is 23.0 Å². The standard InChI is InChI=1S/C10H17ClO6/c1-2-9(12)16-7-5-14-3-4-15-6-8-17-10(11)13/h2-8H2,1H3. The van der Waals surface area contributed by atoms with Crippen molar-refractivity contribution in [1.29, 1.82) is 0 Å². The first-order chi connectivity index (χ1) is 8.16. The Morgan fingerprint density at radius 3 is 1.82 bits per heavy atom. The summed E-state index contributed by atoms with van der Waals surface area (Å²) in [7, 11) is 0. The highest BCUT2D eigenvalue weighted by molar-refractivity contribution is 6.61. The van der Waals surface area contributed by atoms with E-state index in [4.69, 9.17) is 25.8 Å². The lowest BCUT2D eigenvalue weighted by molar-refractivity contribution is -0.144. The van der Waals surface area contributed by atoms with Crippen LogP contribution >= 0.6 is 11.6 Å². The summed E-state index contributed by atoms with van der Waals surface area (Å²) in [4.78, 5) is 20.9. The maximum Gasteiger partial charge on any atom is 0.403 e. The molecule has 0 atom stereocenters. The average molecular weight is 269 g/mol. The van der Waals surface area contributed by atoms with Crippen LogP contribution in [-0.4, -0.2) is 51.0 Å². The number of ether oxygens (including phenoxy) is 4. The number of carbonyl (C=O) groups is 2. The number of halogens is 1. The summed E-state index contributed by atoms with van der Waals surface area (Å²) < 4.78 is 19.4. The highest BCUT2D eigenvalue weighted by atomic mass is 35.5. The van der Waals surface area contributed by atoms with Gasteiger partial charge in [0.2, 0.25) is 0 Å². The van der Waals surface area contributed by atoms with E-state index < -0.39 is 5.43 Å². The molecule has 0 aliphatic heterocycles. The Morgan fingerprint density at radius 1 is 0.882 bits per heavy atom. The van der Waals surface area contributed by atoms with Gasteiger partial charge in [-0.2, -0.15) is 0 Å². The molecule has 0 radical (unpaired) electrons. The van der Waals surface area contributed by atoms with Crippen molar-refractivity contribution in [3.05, 3.63) is 0 Å². The van der Waals surface area contributed by atoms with Crippen molar-refractivity contribution in [2.75, 3.05) is 39.6 Å². The van der Waals surface area contributed by atoms with Gasteiger partial charge in [-0.3, -0.25) is 4.79 Å². The average Bonchev–Trinajstić information content (AvgIpc) is 2.30. The highest BCUT2D eigenvalue weighted by Crippen LogP contribution is 1.88. The number of carbonyl (C=O) groups excluding carboxylic acids is 2. The Bertz CT molecular complexity index is 221. The molecule has 0 aliphatic rings. The van der Waals surface area contributed by atoms with Gasteiger partial charge in [-0.25, -0.2) is 4.79 Å². The van der Waals surface area contributed by atoms with Crippen LogP contribution in [0.4, 0.5) is 4.79 Å². The van der Waals surface area contributed by atoms with Gasteiger partial charge in [0.05, 0.1) is 26.4 Å². The Balaban J connectivity index is 3.03. The zero-order chi connectivity index (χ0) is 12.9. The topological polar surface area (TPSA) is 71.1 Å². The summed E-state index contributed by atoms with van der Waals surface area (Å²) in [6.07, 6.45) is 0.363. The molecule has 0 rings (SSSR count). The molecular weight excluding hydrogens is 252 g/mol. The zero-order valence-electron chi connectivity index (χ0n) is 9.78. The quantitative estimate of drug-likeness (QED) is 0.338. The summed E-state index contributed by atoms with van der Waals surface area (Å²) in [5.74, 6) is -0.243. The third kappa shape index (κ3) is 13.1. The molecule has 0 aliphatic carbocycles. The van der Waals surface area contributed by atoms with Crippen LogP contribution in [-0.2, 0) is 23.7 Å². The molecule has 0 aromatic carbocycles. The van der Waals surface area contributed by atoms with Crippen LogP contribution in [0.3, 0.4) is 0 Å². The monoisotopic (exact) mass is 268 g/mol. The number of hydrogen-bond donors (Lipinski definition) is 0. The second-order valence-electron chi connectivity index (χ2n) is 2.88. The molecule has 0 aromatic heterocycles. The van der Waals surface area contributed by atoms with Crippen LogP contribution in [0.5, 0.6) is 0 Å². The maximum atomic E-state index is 10.7. The molecule has 0 amide bonds. The fourth-order valence-electron chi connectivity index (χ4n) is 0.819. The van der Waals surface area contributed by atoms with E-state index in [-0.39, 0.29) is 25.8 Å². The lowest BCUT2D eigenvalue weighted by Crippen LogP contribution is -2.13. The van der Waals surface area contributed by atoms with Gasteiger partial charge in [0, 0.05) is 18.0 Å². The first-order valence-corrected chi connectivity index (χ1v) is 5.68. The van der Waals surface area contributed by atoms with Gasteiger partial charge in [0.25, 0.3) is 0 Å². The summed E-state index contributed by atoms with van der Waals surface area (Å²) in [6, 6.07) is 0. The molecular formula is C10H17ClO6. The van der Waals surface area contributed by atoms with Crippen LogP contribution in [0.1, 0.15) is 13.3 Å². The van der Waals surface area contributed by atoms with Crippen LogP contribution in [0.2, 0.25) is 0 Å². The Kier molecular flexibility index (Phi) is 11.0. The molecule has 0 saturated heterocycles. The van der Waals surface area contributed by atoms with E-state index in [1.54, 1.807) is 6.92 Å². The Morgan fingerprint density at radius 2 is 1.35 bits per heavy atom.